The number of hydrogen-bond donors (Lipinski definition) is 1. The molecular formula is C16H19N3OS. The van der Waals surface area contributed by atoms with E-state index < -0.39 is 0 Å². The molecule has 1 fully saturated rings. The van der Waals surface area contributed by atoms with E-state index in [4.69, 9.17) is 22.7 Å². The molecule has 0 radical (unpaired) electrons. The third kappa shape index (κ3) is 2.99. The number of rotatable bonds is 3. The molecule has 0 bridgehead atoms. The van der Waals surface area contributed by atoms with Crippen molar-refractivity contribution in [3.8, 4) is 5.75 Å². The lowest BCUT2D eigenvalue weighted by Gasteiger charge is -2.30. The van der Waals surface area contributed by atoms with Crippen molar-refractivity contribution in [2.45, 2.75) is 18.9 Å². The molecule has 2 heterocycles. The molecule has 0 aliphatic carbocycles. The van der Waals surface area contributed by atoms with Gasteiger partial charge in [0.15, 0.2) is 0 Å². The van der Waals surface area contributed by atoms with Gasteiger partial charge in [-0.05, 0) is 32.0 Å². The van der Waals surface area contributed by atoms with Crippen LogP contribution in [-0.4, -0.2) is 41.1 Å². The van der Waals surface area contributed by atoms with Crippen LogP contribution in [0.25, 0.3) is 10.9 Å². The number of pyridine rings is 1. The number of ether oxygens (including phenoxy) is 1. The summed E-state index contributed by atoms with van der Waals surface area (Å²) in [6, 6.07) is 7.93. The Morgan fingerprint density at radius 1 is 1.33 bits per heavy atom. The van der Waals surface area contributed by atoms with Crippen LogP contribution in [0.1, 0.15) is 18.4 Å². The van der Waals surface area contributed by atoms with Crippen molar-refractivity contribution < 1.29 is 4.74 Å². The summed E-state index contributed by atoms with van der Waals surface area (Å²) >= 11 is 5.15. The first kappa shape index (κ1) is 14.2. The van der Waals surface area contributed by atoms with Gasteiger partial charge in [0.1, 0.15) is 16.8 Å². The fourth-order valence-corrected chi connectivity index (χ4v) is 2.83. The summed E-state index contributed by atoms with van der Waals surface area (Å²) in [5, 5.41) is 0.974. The number of para-hydroxylation sites is 1. The highest BCUT2D eigenvalue weighted by Gasteiger charge is 2.21. The molecule has 1 aromatic heterocycles. The monoisotopic (exact) mass is 301 g/mol. The van der Waals surface area contributed by atoms with Crippen molar-refractivity contribution >= 4 is 28.1 Å². The van der Waals surface area contributed by atoms with Gasteiger partial charge in [0.2, 0.25) is 0 Å². The number of fused-ring (bicyclic) bond motifs is 1. The summed E-state index contributed by atoms with van der Waals surface area (Å²) in [6.45, 7) is 2.10. The minimum atomic E-state index is 0.208. The largest absolute Gasteiger partial charge is 0.489 e. The third-order valence-electron chi connectivity index (χ3n) is 3.94. The zero-order chi connectivity index (χ0) is 14.8. The van der Waals surface area contributed by atoms with E-state index >= 15 is 0 Å². The van der Waals surface area contributed by atoms with Crippen molar-refractivity contribution in [2.75, 3.05) is 20.1 Å². The van der Waals surface area contributed by atoms with E-state index in [2.05, 4.69) is 16.9 Å². The summed E-state index contributed by atoms with van der Waals surface area (Å²) in [5.41, 5.74) is 7.46. The lowest BCUT2D eigenvalue weighted by molar-refractivity contribution is 0.115. The van der Waals surface area contributed by atoms with Gasteiger partial charge in [-0.3, -0.25) is 4.98 Å². The highest BCUT2D eigenvalue weighted by molar-refractivity contribution is 7.80. The number of hydrogen-bond acceptors (Lipinski definition) is 4. The van der Waals surface area contributed by atoms with Gasteiger partial charge in [-0.1, -0.05) is 24.4 Å². The van der Waals surface area contributed by atoms with Crippen LogP contribution in [0.5, 0.6) is 5.75 Å². The topological polar surface area (TPSA) is 51.4 Å². The smallest absolute Gasteiger partial charge is 0.140 e. The fourth-order valence-electron chi connectivity index (χ4n) is 2.69. The van der Waals surface area contributed by atoms with Gasteiger partial charge in [-0.25, -0.2) is 0 Å². The second-order valence-corrected chi connectivity index (χ2v) is 5.94. The van der Waals surface area contributed by atoms with Crippen molar-refractivity contribution in [3.05, 3.63) is 36.0 Å². The van der Waals surface area contributed by atoms with Gasteiger partial charge in [-0.15, -0.1) is 0 Å². The first-order valence-electron chi connectivity index (χ1n) is 7.18. The Morgan fingerprint density at radius 2 is 2.05 bits per heavy atom. The Balaban J connectivity index is 1.98. The minimum absolute atomic E-state index is 0.208. The van der Waals surface area contributed by atoms with Gasteiger partial charge in [0.25, 0.3) is 0 Å². The van der Waals surface area contributed by atoms with Crippen LogP contribution in [0, 0.1) is 0 Å². The molecule has 110 valence electrons. The molecule has 3 rings (SSSR count). The Morgan fingerprint density at radius 3 is 2.76 bits per heavy atom. The molecule has 5 heteroatoms. The highest BCUT2D eigenvalue weighted by atomic mass is 32.1. The van der Waals surface area contributed by atoms with Crippen molar-refractivity contribution in [1.82, 2.24) is 9.88 Å². The van der Waals surface area contributed by atoms with Gasteiger partial charge in [-0.2, -0.15) is 0 Å². The predicted octanol–water partition coefficient (Wildman–Crippen LogP) is 2.34. The molecule has 4 nitrogen and oxygen atoms in total. The van der Waals surface area contributed by atoms with Gasteiger partial charge >= 0.3 is 0 Å². The molecule has 2 aromatic rings. The minimum Gasteiger partial charge on any atom is -0.489 e. The summed E-state index contributed by atoms with van der Waals surface area (Å²) in [6.07, 6.45) is 3.96. The summed E-state index contributed by atoms with van der Waals surface area (Å²) in [5.74, 6) is 0.780. The number of aromatic nitrogens is 1. The first-order valence-corrected chi connectivity index (χ1v) is 7.58. The standard InChI is InChI=1S/C16H19N3OS/c1-19-8-6-11(7-9-19)20-15-12-4-2-3-5-14(12)18-10-13(15)16(17)21/h2-5,10-11H,6-9H2,1H3,(H2,17,21). The molecule has 0 saturated carbocycles. The van der Waals surface area contributed by atoms with Crippen LogP contribution < -0.4 is 10.5 Å². The summed E-state index contributed by atoms with van der Waals surface area (Å²) in [7, 11) is 2.14. The predicted molar refractivity (Wildman–Crippen MR) is 88.8 cm³/mol. The maximum atomic E-state index is 6.28. The second kappa shape index (κ2) is 5.95. The van der Waals surface area contributed by atoms with E-state index in [1.165, 1.54) is 0 Å². The lowest BCUT2D eigenvalue weighted by atomic mass is 10.1. The number of benzene rings is 1. The Kier molecular flexibility index (Phi) is 4.03. The first-order chi connectivity index (χ1) is 10.1. The van der Waals surface area contributed by atoms with E-state index in [0.29, 0.717) is 4.99 Å². The van der Waals surface area contributed by atoms with Gasteiger partial charge < -0.3 is 15.4 Å². The average Bonchev–Trinajstić information content (AvgIpc) is 2.49. The van der Waals surface area contributed by atoms with Crippen LogP contribution in [0.4, 0.5) is 0 Å². The molecule has 1 aliphatic heterocycles. The number of nitrogens with zero attached hydrogens (tertiary/aromatic N) is 2. The fraction of sp³-hybridized carbons (Fsp3) is 0.375. The molecule has 0 spiro atoms. The SMILES string of the molecule is CN1CCC(Oc2c(C(N)=S)cnc3ccccc23)CC1. The van der Waals surface area contributed by atoms with Crippen LogP contribution in [0.3, 0.4) is 0 Å². The molecule has 1 saturated heterocycles. The normalized spacial score (nSPS) is 17.0. The van der Waals surface area contributed by atoms with Crippen LogP contribution in [-0.2, 0) is 0 Å². The van der Waals surface area contributed by atoms with Crippen LogP contribution in [0.15, 0.2) is 30.5 Å². The summed E-state index contributed by atoms with van der Waals surface area (Å²) < 4.78 is 6.28. The number of likely N-dealkylation sites (tertiary alicyclic amines) is 1. The Hall–Kier alpha value is -1.72. The number of piperidine rings is 1. The third-order valence-corrected chi connectivity index (χ3v) is 4.16. The van der Waals surface area contributed by atoms with E-state index in [1.54, 1.807) is 6.20 Å². The van der Waals surface area contributed by atoms with Gasteiger partial charge in [0.05, 0.1) is 11.1 Å². The highest BCUT2D eigenvalue weighted by Crippen LogP contribution is 2.30. The molecule has 0 atom stereocenters. The molecule has 0 amide bonds. The number of nitrogens with two attached hydrogens (primary N) is 1. The average molecular weight is 301 g/mol. The lowest BCUT2D eigenvalue weighted by Crippen LogP contribution is -2.36. The van der Waals surface area contributed by atoms with E-state index in [9.17, 15) is 0 Å². The molecule has 1 aromatic carbocycles. The molecule has 21 heavy (non-hydrogen) atoms. The van der Waals surface area contributed by atoms with Crippen LogP contribution >= 0.6 is 12.2 Å². The molecular weight excluding hydrogens is 282 g/mol. The molecule has 1 aliphatic rings. The second-order valence-electron chi connectivity index (χ2n) is 5.50. The molecule has 0 unspecified atom stereocenters. The van der Waals surface area contributed by atoms with Crippen molar-refractivity contribution in [1.29, 1.82) is 0 Å². The number of thiocarbonyl (C=S) groups is 1. The quantitative estimate of drug-likeness (QED) is 0.882. The van der Waals surface area contributed by atoms with Crippen LogP contribution in [0.2, 0.25) is 0 Å². The zero-order valence-electron chi connectivity index (χ0n) is 12.1. The van der Waals surface area contributed by atoms with Crippen molar-refractivity contribution in [3.63, 3.8) is 0 Å². The van der Waals surface area contributed by atoms with Gasteiger partial charge in [0, 0.05) is 24.7 Å². The zero-order valence-corrected chi connectivity index (χ0v) is 12.9. The maximum absolute atomic E-state index is 6.28. The van der Waals surface area contributed by atoms with E-state index in [-0.39, 0.29) is 6.10 Å². The Bertz CT molecular complexity index is 666. The van der Waals surface area contributed by atoms with E-state index in [1.807, 2.05) is 24.3 Å². The molecule has 2 N–H and O–H groups in total. The van der Waals surface area contributed by atoms with Crippen molar-refractivity contribution in [2.24, 2.45) is 5.73 Å². The van der Waals surface area contributed by atoms with E-state index in [0.717, 1.165) is 48.1 Å². The maximum Gasteiger partial charge on any atom is 0.140 e. The summed E-state index contributed by atoms with van der Waals surface area (Å²) in [4.78, 5) is 7.06. The Labute approximate surface area is 129 Å².